The van der Waals surface area contributed by atoms with Gasteiger partial charge in [0.1, 0.15) is 0 Å². The number of carbonyl (C=O) groups excluding carboxylic acids is 1. The predicted molar refractivity (Wildman–Crippen MR) is 74.3 cm³/mol. The number of aliphatic hydroxyl groups is 1. The molecule has 3 atom stereocenters. The summed E-state index contributed by atoms with van der Waals surface area (Å²) in [6, 6.07) is -0.0350. The van der Waals surface area contributed by atoms with Gasteiger partial charge in [-0.25, -0.2) is 0 Å². The fourth-order valence-corrected chi connectivity index (χ4v) is 2.31. The summed E-state index contributed by atoms with van der Waals surface area (Å²) < 4.78 is 0. The van der Waals surface area contributed by atoms with Crippen molar-refractivity contribution in [2.24, 2.45) is 11.3 Å². The molecule has 0 heterocycles. The number of nitrogens with one attached hydrogen (secondary N) is 1. The van der Waals surface area contributed by atoms with Gasteiger partial charge in [0, 0.05) is 6.42 Å². The Kier molecular flexibility index (Phi) is 5.64. The molecule has 0 spiro atoms. The molecule has 3 unspecified atom stereocenters. The van der Waals surface area contributed by atoms with Crippen LogP contribution in [-0.4, -0.2) is 23.2 Å². The number of aliphatic hydroxyl groups excluding tert-OH is 1. The van der Waals surface area contributed by atoms with E-state index in [1.54, 1.807) is 0 Å². The third kappa shape index (κ3) is 4.97. The van der Waals surface area contributed by atoms with E-state index in [-0.39, 0.29) is 23.5 Å². The lowest BCUT2D eigenvalue weighted by Gasteiger charge is -2.28. The van der Waals surface area contributed by atoms with Crippen molar-refractivity contribution in [3.8, 4) is 0 Å². The van der Waals surface area contributed by atoms with E-state index in [0.717, 1.165) is 25.7 Å². The third-order valence-electron chi connectivity index (χ3n) is 4.30. The molecule has 0 aliphatic heterocycles. The zero-order chi connectivity index (χ0) is 13.8. The van der Waals surface area contributed by atoms with Crippen molar-refractivity contribution in [1.29, 1.82) is 0 Å². The fraction of sp³-hybridized carbons (Fsp3) is 0.933. The fourth-order valence-electron chi connectivity index (χ4n) is 2.31. The molecule has 1 amide bonds. The van der Waals surface area contributed by atoms with Crippen LogP contribution in [0, 0.1) is 11.3 Å². The van der Waals surface area contributed by atoms with Crippen LogP contribution in [0.1, 0.15) is 66.2 Å². The quantitative estimate of drug-likeness (QED) is 0.762. The lowest BCUT2D eigenvalue weighted by molar-refractivity contribution is -0.124. The minimum atomic E-state index is -0.360. The first-order valence-electron chi connectivity index (χ1n) is 7.28. The first-order chi connectivity index (χ1) is 8.30. The average Bonchev–Trinajstić information content (AvgIpc) is 2.43. The van der Waals surface area contributed by atoms with E-state index < -0.39 is 0 Å². The molecule has 1 fully saturated rings. The molecule has 0 saturated heterocycles. The van der Waals surface area contributed by atoms with Gasteiger partial charge in [0.25, 0.3) is 0 Å². The summed E-state index contributed by atoms with van der Waals surface area (Å²) >= 11 is 0. The maximum Gasteiger partial charge on any atom is 0.220 e. The van der Waals surface area contributed by atoms with E-state index in [1.807, 2.05) is 0 Å². The number of rotatable bonds is 3. The summed E-state index contributed by atoms with van der Waals surface area (Å²) in [4.78, 5) is 12.0. The Morgan fingerprint density at radius 3 is 2.50 bits per heavy atom. The molecular formula is C15H29NO2. The van der Waals surface area contributed by atoms with Gasteiger partial charge in [-0.05, 0) is 24.2 Å². The van der Waals surface area contributed by atoms with Crippen molar-refractivity contribution in [1.82, 2.24) is 5.32 Å². The first kappa shape index (κ1) is 15.5. The second-order valence-corrected chi connectivity index (χ2v) is 6.85. The van der Waals surface area contributed by atoms with Gasteiger partial charge < -0.3 is 10.4 Å². The largest absolute Gasteiger partial charge is 0.391 e. The smallest absolute Gasteiger partial charge is 0.220 e. The van der Waals surface area contributed by atoms with Gasteiger partial charge in [-0.3, -0.25) is 4.79 Å². The second-order valence-electron chi connectivity index (χ2n) is 6.85. The van der Waals surface area contributed by atoms with E-state index in [9.17, 15) is 9.90 Å². The van der Waals surface area contributed by atoms with E-state index in [1.165, 1.54) is 6.42 Å². The molecule has 0 bridgehead atoms. The van der Waals surface area contributed by atoms with Crippen molar-refractivity contribution in [2.75, 3.05) is 0 Å². The van der Waals surface area contributed by atoms with Gasteiger partial charge in [-0.1, -0.05) is 47.0 Å². The van der Waals surface area contributed by atoms with Gasteiger partial charge in [-0.15, -0.1) is 0 Å². The topological polar surface area (TPSA) is 49.3 Å². The summed E-state index contributed by atoms with van der Waals surface area (Å²) in [7, 11) is 0. The molecule has 0 aromatic carbocycles. The van der Waals surface area contributed by atoms with Crippen LogP contribution in [0.15, 0.2) is 0 Å². The Labute approximate surface area is 111 Å². The van der Waals surface area contributed by atoms with Crippen LogP contribution in [0.25, 0.3) is 0 Å². The van der Waals surface area contributed by atoms with E-state index in [2.05, 4.69) is 33.0 Å². The van der Waals surface area contributed by atoms with Gasteiger partial charge in [-0.2, -0.15) is 0 Å². The molecule has 0 aromatic rings. The molecule has 1 saturated carbocycles. The Bertz CT molecular complexity index is 270. The van der Waals surface area contributed by atoms with E-state index in [4.69, 9.17) is 0 Å². The van der Waals surface area contributed by atoms with Crippen LogP contribution in [0.2, 0.25) is 0 Å². The van der Waals surface area contributed by atoms with Crippen molar-refractivity contribution >= 4 is 5.91 Å². The highest BCUT2D eigenvalue weighted by Crippen LogP contribution is 2.28. The van der Waals surface area contributed by atoms with Crippen LogP contribution < -0.4 is 5.32 Å². The highest BCUT2D eigenvalue weighted by molar-refractivity contribution is 5.76. The maximum atomic E-state index is 12.0. The summed E-state index contributed by atoms with van der Waals surface area (Å²) in [5, 5.41) is 13.0. The van der Waals surface area contributed by atoms with Gasteiger partial charge in [0.15, 0.2) is 0 Å². The summed E-state index contributed by atoms with van der Waals surface area (Å²) in [5.74, 6) is 0.434. The van der Waals surface area contributed by atoms with Gasteiger partial charge >= 0.3 is 0 Å². The Morgan fingerprint density at radius 1 is 1.28 bits per heavy atom. The molecule has 1 rings (SSSR count). The standard InChI is InChI=1S/C15H29NO2/c1-11(15(2,3)4)10-14(18)16-12-8-6-5-7-9-13(12)17/h11-13,17H,5-10H2,1-4H3,(H,16,18). The van der Waals surface area contributed by atoms with Crippen molar-refractivity contribution in [2.45, 2.75) is 78.4 Å². The first-order valence-corrected chi connectivity index (χ1v) is 7.28. The van der Waals surface area contributed by atoms with Crippen LogP contribution in [-0.2, 0) is 4.79 Å². The van der Waals surface area contributed by atoms with Crippen LogP contribution in [0.3, 0.4) is 0 Å². The molecule has 0 radical (unpaired) electrons. The zero-order valence-corrected chi connectivity index (χ0v) is 12.3. The lowest BCUT2D eigenvalue weighted by atomic mass is 9.80. The average molecular weight is 255 g/mol. The Hall–Kier alpha value is -0.570. The number of hydrogen-bond acceptors (Lipinski definition) is 2. The van der Waals surface area contributed by atoms with Crippen LogP contribution in [0.4, 0.5) is 0 Å². The molecule has 1 aliphatic rings. The van der Waals surface area contributed by atoms with E-state index in [0.29, 0.717) is 12.3 Å². The summed E-state index contributed by atoms with van der Waals surface area (Å²) in [6.45, 7) is 8.59. The molecular weight excluding hydrogens is 226 g/mol. The number of amides is 1. The molecule has 1 aliphatic carbocycles. The lowest BCUT2D eigenvalue weighted by Crippen LogP contribution is -2.43. The summed E-state index contributed by atoms with van der Waals surface area (Å²) in [6.07, 6.45) is 5.27. The van der Waals surface area contributed by atoms with Crippen molar-refractivity contribution < 1.29 is 9.90 Å². The minimum absolute atomic E-state index is 0.0350. The highest BCUT2D eigenvalue weighted by Gasteiger charge is 2.26. The summed E-state index contributed by atoms with van der Waals surface area (Å²) in [5.41, 5.74) is 0.152. The molecule has 2 N–H and O–H groups in total. The SMILES string of the molecule is CC(CC(=O)NC1CCCCCC1O)C(C)(C)C. The molecule has 106 valence electrons. The maximum absolute atomic E-state index is 12.0. The van der Waals surface area contributed by atoms with Gasteiger partial charge in [0.05, 0.1) is 12.1 Å². The normalized spacial score (nSPS) is 27.4. The Morgan fingerprint density at radius 2 is 1.89 bits per heavy atom. The van der Waals surface area contributed by atoms with Gasteiger partial charge in [0.2, 0.25) is 5.91 Å². The number of hydrogen-bond donors (Lipinski definition) is 2. The monoisotopic (exact) mass is 255 g/mol. The number of carbonyl (C=O) groups is 1. The molecule has 0 aromatic heterocycles. The minimum Gasteiger partial charge on any atom is -0.391 e. The van der Waals surface area contributed by atoms with E-state index >= 15 is 0 Å². The Balaban J connectivity index is 2.43. The van der Waals surface area contributed by atoms with Crippen molar-refractivity contribution in [3.05, 3.63) is 0 Å². The zero-order valence-electron chi connectivity index (χ0n) is 12.3. The second kappa shape index (κ2) is 6.55. The highest BCUT2D eigenvalue weighted by atomic mass is 16.3. The molecule has 3 nitrogen and oxygen atoms in total. The molecule has 18 heavy (non-hydrogen) atoms. The molecule has 3 heteroatoms. The third-order valence-corrected chi connectivity index (χ3v) is 4.30. The predicted octanol–water partition coefficient (Wildman–Crippen LogP) is 2.87. The van der Waals surface area contributed by atoms with Crippen molar-refractivity contribution in [3.63, 3.8) is 0 Å². The van der Waals surface area contributed by atoms with Crippen LogP contribution in [0.5, 0.6) is 0 Å². The van der Waals surface area contributed by atoms with Crippen LogP contribution >= 0.6 is 0 Å².